The quantitative estimate of drug-likeness (QED) is 0.133. The molecule has 4 rings (SSSR count). The Morgan fingerprint density at radius 3 is 2.29 bits per heavy atom. The van der Waals surface area contributed by atoms with Crippen LogP contribution in [0.3, 0.4) is 0 Å². The second kappa shape index (κ2) is 8.33. The lowest BCUT2D eigenvalue weighted by Gasteiger charge is -2.14. The number of aromatic nitrogens is 1. The van der Waals surface area contributed by atoms with Gasteiger partial charge in [0.1, 0.15) is 11.6 Å². The molecule has 0 spiro atoms. The van der Waals surface area contributed by atoms with Crippen LogP contribution in [0.2, 0.25) is 0 Å². The maximum Gasteiger partial charge on any atom is 0.271 e. The van der Waals surface area contributed by atoms with E-state index < -0.39 is 4.92 Å². The highest BCUT2D eigenvalue weighted by Crippen LogP contribution is 2.36. The molecule has 0 radical (unpaired) electrons. The van der Waals surface area contributed by atoms with Gasteiger partial charge in [0.2, 0.25) is 5.91 Å². The number of hydrogen-bond donors (Lipinski definition) is 2. The number of anilines is 3. The number of benzene rings is 3. The Morgan fingerprint density at radius 2 is 1.65 bits per heavy atom. The molecule has 1 heterocycles. The molecule has 0 bridgehead atoms. The largest absolute Gasteiger partial charge is 0.354 e. The fraction of sp³-hybridized carbons (Fsp3) is 0.0476. The number of rotatable bonds is 6. The summed E-state index contributed by atoms with van der Waals surface area (Å²) in [6, 6.07) is 16.2. The first-order chi connectivity index (χ1) is 15.0. The number of nitro groups is 1. The average molecular weight is 436 g/mol. The van der Waals surface area contributed by atoms with Crippen molar-refractivity contribution in [1.82, 2.24) is 4.98 Å². The van der Waals surface area contributed by atoms with Crippen molar-refractivity contribution < 1.29 is 9.72 Å². The van der Waals surface area contributed by atoms with E-state index in [1.807, 2.05) is 0 Å². The van der Waals surface area contributed by atoms with E-state index in [0.717, 1.165) is 0 Å². The van der Waals surface area contributed by atoms with Crippen molar-refractivity contribution in [2.24, 2.45) is 5.18 Å². The fourth-order valence-corrected chi connectivity index (χ4v) is 3.27. The highest BCUT2D eigenvalue weighted by atomic mass is 35.5. The number of fused-ring (bicyclic) bond motifs is 2. The van der Waals surface area contributed by atoms with Crippen molar-refractivity contribution in [2.45, 2.75) is 0 Å². The summed E-state index contributed by atoms with van der Waals surface area (Å²) >= 11 is 5.51. The van der Waals surface area contributed by atoms with Crippen LogP contribution >= 0.6 is 11.6 Å². The van der Waals surface area contributed by atoms with E-state index in [2.05, 4.69) is 20.8 Å². The number of halogens is 1. The predicted molar refractivity (Wildman–Crippen MR) is 120 cm³/mol. The zero-order chi connectivity index (χ0) is 22.0. The van der Waals surface area contributed by atoms with Crippen LogP contribution in [0.5, 0.6) is 0 Å². The third-order valence-corrected chi connectivity index (χ3v) is 4.86. The van der Waals surface area contributed by atoms with Gasteiger partial charge in [-0.25, -0.2) is 4.98 Å². The van der Waals surface area contributed by atoms with Crippen molar-refractivity contribution in [2.75, 3.05) is 16.5 Å². The van der Waals surface area contributed by atoms with Crippen molar-refractivity contribution >= 4 is 67.8 Å². The van der Waals surface area contributed by atoms with Gasteiger partial charge in [-0.3, -0.25) is 14.9 Å². The number of alkyl halides is 1. The van der Waals surface area contributed by atoms with E-state index in [9.17, 15) is 19.8 Å². The van der Waals surface area contributed by atoms with Crippen LogP contribution in [0.1, 0.15) is 0 Å². The summed E-state index contributed by atoms with van der Waals surface area (Å²) in [5, 5.41) is 21.5. The van der Waals surface area contributed by atoms with E-state index in [1.165, 1.54) is 18.2 Å². The van der Waals surface area contributed by atoms with E-state index >= 15 is 0 Å². The third kappa shape index (κ3) is 4.12. The number of hydrogen-bond acceptors (Lipinski definition) is 7. The van der Waals surface area contributed by atoms with E-state index in [1.54, 1.807) is 42.5 Å². The molecule has 0 aliphatic heterocycles. The van der Waals surface area contributed by atoms with Gasteiger partial charge >= 0.3 is 0 Å². The number of nitrogens with one attached hydrogen (secondary N) is 2. The summed E-state index contributed by atoms with van der Waals surface area (Å²) in [6.45, 7) is 0. The molecular formula is C21H14ClN5O4. The molecule has 2 N–H and O–H groups in total. The summed E-state index contributed by atoms with van der Waals surface area (Å²) in [6.07, 6.45) is 0. The Balaban J connectivity index is 1.83. The number of amides is 1. The van der Waals surface area contributed by atoms with Crippen LogP contribution in [-0.2, 0) is 4.79 Å². The van der Waals surface area contributed by atoms with Crippen LogP contribution < -0.4 is 10.6 Å². The number of carbonyl (C=O) groups is 1. The minimum Gasteiger partial charge on any atom is -0.354 e. The lowest BCUT2D eigenvalue weighted by Crippen LogP contribution is -2.12. The Morgan fingerprint density at radius 1 is 1.00 bits per heavy atom. The first-order valence-corrected chi connectivity index (χ1v) is 9.60. The maximum absolute atomic E-state index is 11.4. The Kier molecular flexibility index (Phi) is 5.42. The van der Waals surface area contributed by atoms with E-state index in [4.69, 9.17) is 11.6 Å². The molecule has 0 atom stereocenters. The number of nitro benzene ring substituents is 1. The van der Waals surface area contributed by atoms with Crippen LogP contribution in [0, 0.1) is 15.0 Å². The second-order valence-corrected chi connectivity index (χ2v) is 6.89. The highest BCUT2D eigenvalue weighted by molar-refractivity contribution is 6.29. The van der Waals surface area contributed by atoms with Crippen LogP contribution in [-0.4, -0.2) is 21.7 Å². The molecule has 9 nitrogen and oxygen atoms in total. The van der Waals surface area contributed by atoms with Crippen LogP contribution in [0.15, 0.2) is 65.8 Å². The number of non-ortho nitro benzene ring substituents is 1. The van der Waals surface area contributed by atoms with Gasteiger partial charge in [0.15, 0.2) is 0 Å². The summed E-state index contributed by atoms with van der Waals surface area (Å²) in [4.78, 5) is 37.6. The molecule has 0 saturated carbocycles. The van der Waals surface area contributed by atoms with Gasteiger partial charge in [-0.2, -0.15) is 0 Å². The number of pyridine rings is 1. The number of nitroso groups, excluding NO2 is 1. The first kappa shape index (κ1) is 20.2. The van der Waals surface area contributed by atoms with Crippen LogP contribution in [0.4, 0.5) is 28.4 Å². The summed E-state index contributed by atoms with van der Waals surface area (Å²) in [7, 11) is 0. The van der Waals surface area contributed by atoms with Crippen LogP contribution in [0.25, 0.3) is 21.8 Å². The fourth-order valence-electron chi connectivity index (χ4n) is 3.20. The molecular weight excluding hydrogens is 422 g/mol. The molecule has 0 unspecified atom stereocenters. The zero-order valence-corrected chi connectivity index (χ0v) is 16.6. The molecule has 1 amide bonds. The topological polar surface area (TPSA) is 127 Å². The molecule has 0 aliphatic rings. The van der Waals surface area contributed by atoms with Crippen molar-refractivity contribution in [3.63, 3.8) is 0 Å². The van der Waals surface area contributed by atoms with Gasteiger partial charge in [-0.1, -0.05) is 0 Å². The zero-order valence-electron chi connectivity index (χ0n) is 15.8. The molecule has 0 fully saturated rings. The second-order valence-electron chi connectivity index (χ2n) is 6.62. The summed E-state index contributed by atoms with van der Waals surface area (Å²) in [5.41, 5.74) is 2.97. The molecule has 0 saturated heterocycles. The number of carbonyl (C=O) groups excluding carboxylic acids is 1. The van der Waals surface area contributed by atoms with Gasteiger partial charge in [0, 0.05) is 34.3 Å². The molecule has 0 aliphatic carbocycles. The molecule has 3 aromatic carbocycles. The Bertz CT molecular complexity index is 1340. The lowest BCUT2D eigenvalue weighted by atomic mass is 10.1. The molecule has 1 aromatic heterocycles. The molecule has 4 aromatic rings. The minimum atomic E-state index is -0.490. The van der Waals surface area contributed by atoms with Gasteiger partial charge in [0.05, 0.1) is 21.6 Å². The minimum absolute atomic E-state index is 0.0886. The lowest BCUT2D eigenvalue weighted by molar-refractivity contribution is -0.384. The van der Waals surface area contributed by atoms with E-state index in [-0.39, 0.29) is 23.2 Å². The molecule has 10 heteroatoms. The number of nitrogens with zero attached hydrogens (tertiary/aromatic N) is 3. The SMILES string of the molecule is O=Nc1ccc2c(Nc3ccc(NC(=O)CCl)cc3)c3ccc([N+](=O)[O-])cc3nc2c1. The maximum atomic E-state index is 11.4. The summed E-state index contributed by atoms with van der Waals surface area (Å²) in [5.74, 6) is -0.451. The van der Waals surface area contributed by atoms with Crippen molar-refractivity contribution in [3.05, 3.63) is 75.7 Å². The molecule has 154 valence electrons. The third-order valence-electron chi connectivity index (χ3n) is 4.62. The predicted octanol–water partition coefficient (Wildman–Crippen LogP) is 5.62. The average Bonchev–Trinajstić information content (AvgIpc) is 2.79. The van der Waals surface area contributed by atoms with Crippen molar-refractivity contribution in [1.29, 1.82) is 0 Å². The molecule has 31 heavy (non-hydrogen) atoms. The van der Waals surface area contributed by atoms with Gasteiger partial charge in [0.25, 0.3) is 5.69 Å². The Hall–Kier alpha value is -4.11. The van der Waals surface area contributed by atoms with Gasteiger partial charge in [-0.15, -0.1) is 16.5 Å². The first-order valence-electron chi connectivity index (χ1n) is 9.06. The smallest absolute Gasteiger partial charge is 0.271 e. The Labute approximate surface area is 180 Å². The van der Waals surface area contributed by atoms with Gasteiger partial charge < -0.3 is 10.6 Å². The normalized spacial score (nSPS) is 10.7. The van der Waals surface area contributed by atoms with Gasteiger partial charge in [-0.05, 0) is 53.7 Å². The van der Waals surface area contributed by atoms with Crippen molar-refractivity contribution in [3.8, 4) is 0 Å². The van der Waals surface area contributed by atoms with E-state index in [0.29, 0.717) is 38.9 Å². The standard InChI is InChI=1S/C21H14ClN5O4/c22-11-20(28)23-12-1-3-13(4-2-12)24-21-16-7-5-14(26-29)9-18(16)25-19-10-15(27(30)31)6-8-17(19)21/h1-10H,11H2,(H,23,28)(H,24,25). The highest BCUT2D eigenvalue weighted by Gasteiger charge is 2.14. The monoisotopic (exact) mass is 435 g/mol. The summed E-state index contributed by atoms with van der Waals surface area (Å²) < 4.78 is 0.